The van der Waals surface area contributed by atoms with Crippen LogP contribution in [0.25, 0.3) is 4.96 Å². The molecule has 3 aromatic rings. The van der Waals surface area contributed by atoms with Crippen LogP contribution in [0.2, 0.25) is 0 Å². The van der Waals surface area contributed by atoms with E-state index in [1.165, 1.54) is 36.3 Å². The zero-order valence-electron chi connectivity index (χ0n) is 12.7. The van der Waals surface area contributed by atoms with Gasteiger partial charge in [0.2, 0.25) is 5.91 Å². The van der Waals surface area contributed by atoms with Crippen molar-refractivity contribution in [3.63, 3.8) is 0 Å². The van der Waals surface area contributed by atoms with Crippen molar-refractivity contribution in [2.45, 2.75) is 44.9 Å². The number of nitrogens with one attached hydrogen (secondary N) is 1. The fourth-order valence-electron chi connectivity index (χ4n) is 2.99. The number of fused-ring (bicyclic) bond motifs is 2. The van der Waals surface area contributed by atoms with Crippen LogP contribution in [0.3, 0.4) is 0 Å². The average Bonchev–Trinajstić information content (AvgIpc) is 3.18. The Morgan fingerprint density at radius 2 is 2.13 bits per heavy atom. The van der Waals surface area contributed by atoms with Crippen molar-refractivity contribution >= 4 is 38.7 Å². The van der Waals surface area contributed by atoms with Crippen LogP contribution < -0.4 is 5.32 Å². The summed E-state index contributed by atoms with van der Waals surface area (Å²) in [5.41, 5.74) is 2.16. The van der Waals surface area contributed by atoms with Crippen LogP contribution in [0.4, 0.5) is 5.13 Å². The molecule has 0 bridgehead atoms. The lowest BCUT2D eigenvalue weighted by Gasteiger charge is -2.06. The molecule has 0 aromatic carbocycles. The van der Waals surface area contributed by atoms with Crippen LogP contribution in [0.5, 0.6) is 0 Å². The van der Waals surface area contributed by atoms with Gasteiger partial charge in [0.1, 0.15) is 0 Å². The second-order valence-corrected chi connectivity index (χ2v) is 7.76. The van der Waals surface area contributed by atoms with Gasteiger partial charge in [-0.3, -0.25) is 9.20 Å². The number of aromatic nitrogens is 3. The van der Waals surface area contributed by atoms with Crippen LogP contribution >= 0.6 is 22.7 Å². The third-order valence-electron chi connectivity index (χ3n) is 4.15. The number of rotatable bonds is 3. The highest BCUT2D eigenvalue weighted by atomic mass is 32.1. The number of thiazole rings is 2. The van der Waals surface area contributed by atoms with E-state index in [0.717, 1.165) is 28.6 Å². The average molecular weight is 346 g/mol. The molecule has 120 valence electrons. The van der Waals surface area contributed by atoms with Gasteiger partial charge in [0.25, 0.3) is 0 Å². The lowest BCUT2D eigenvalue weighted by molar-refractivity contribution is -0.115. The molecule has 4 rings (SSSR count). The molecule has 1 amide bonds. The van der Waals surface area contributed by atoms with E-state index in [4.69, 9.17) is 0 Å². The minimum Gasteiger partial charge on any atom is -0.302 e. The first-order chi connectivity index (χ1) is 11.3. The number of hydrogen-bond donors (Lipinski definition) is 1. The van der Waals surface area contributed by atoms with E-state index in [2.05, 4.69) is 15.3 Å². The van der Waals surface area contributed by atoms with E-state index in [0.29, 0.717) is 6.42 Å². The Hall–Kier alpha value is -1.73. The molecule has 3 aromatic heterocycles. The van der Waals surface area contributed by atoms with Crippen LogP contribution in [-0.4, -0.2) is 20.3 Å². The van der Waals surface area contributed by atoms with Crippen molar-refractivity contribution in [1.82, 2.24) is 14.4 Å². The monoisotopic (exact) mass is 346 g/mol. The number of carbonyl (C=O) groups excluding carboxylic acids is 1. The van der Waals surface area contributed by atoms with Crippen LogP contribution in [0.15, 0.2) is 17.8 Å². The van der Waals surface area contributed by atoms with Crippen molar-refractivity contribution in [3.8, 4) is 0 Å². The molecule has 0 fully saturated rings. The molecule has 0 radical (unpaired) electrons. The summed E-state index contributed by atoms with van der Waals surface area (Å²) >= 11 is 3.20. The highest BCUT2D eigenvalue weighted by Gasteiger charge is 2.16. The van der Waals surface area contributed by atoms with Crippen LogP contribution in [-0.2, 0) is 24.1 Å². The van der Waals surface area contributed by atoms with Crippen molar-refractivity contribution < 1.29 is 4.79 Å². The van der Waals surface area contributed by atoms with Crippen molar-refractivity contribution in [2.75, 3.05) is 5.32 Å². The molecule has 0 aliphatic heterocycles. The number of anilines is 1. The van der Waals surface area contributed by atoms with E-state index in [9.17, 15) is 4.79 Å². The summed E-state index contributed by atoms with van der Waals surface area (Å²) in [4.78, 5) is 23.5. The summed E-state index contributed by atoms with van der Waals surface area (Å²) in [6.07, 6.45) is 11.2. The Balaban J connectivity index is 1.46. The number of carbonyl (C=O) groups is 1. The highest BCUT2D eigenvalue weighted by Crippen LogP contribution is 2.28. The molecule has 0 atom stereocenters. The topological polar surface area (TPSA) is 59.3 Å². The van der Waals surface area contributed by atoms with Gasteiger partial charge in [-0.25, -0.2) is 9.97 Å². The molecule has 0 saturated carbocycles. The predicted molar refractivity (Wildman–Crippen MR) is 93.4 cm³/mol. The number of aryl methyl sites for hydroxylation is 2. The molecule has 0 spiro atoms. The third kappa shape index (κ3) is 3.16. The Bertz CT molecular complexity index is 807. The van der Waals surface area contributed by atoms with E-state index in [1.807, 2.05) is 16.0 Å². The van der Waals surface area contributed by atoms with Crippen molar-refractivity contribution in [2.24, 2.45) is 0 Å². The first kappa shape index (κ1) is 14.8. The van der Waals surface area contributed by atoms with Crippen molar-refractivity contribution in [3.05, 3.63) is 34.0 Å². The van der Waals surface area contributed by atoms with Crippen LogP contribution in [0.1, 0.15) is 41.9 Å². The maximum Gasteiger partial charge on any atom is 0.232 e. The Morgan fingerprint density at radius 1 is 1.26 bits per heavy atom. The number of nitrogens with zero attached hydrogens (tertiary/aromatic N) is 3. The van der Waals surface area contributed by atoms with E-state index >= 15 is 0 Å². The summed E-state index contributed by atoms with van der Waals surface area (Å²) in [5, 5.41) is 5.71. The quantitative estimate of drug-likeness (QED) is 0.787. The maximum absolute atomic E-state index is 12.3. The Kier molecular flexibility index (Phi) is 4.13. The van der Waals surface area contributed by atoms with E-state index in [1.54, 1.807) is 28.9 Å². The van der Waals surface area contributed by atoms with Gasteiger partial charge in [0, 0.05) is 28.3 Å². The van der Waals surface area contributed by atoms with Gasteiger partial charge in [-0.1, -0.05) is 12.8 Å². The van der Waals surface area contributed by atoms with E-state index < -0.39 is 0 Å². The van der Waals surface area contributed by atoms with Gasteiger partial charge < -0.3 is 5.32 Å². The maximum atomic E-state index is 12.3. The van der Waals surface area contributed by atoms with Gasteiger partial charge in [0.15, 0.2) is 10.1 Å². The molecule has 1 N–H and O–H groups in total. The zero-order valence-corrected chi connectivity index (χ0v) is 14.4. The molecule has 0 unspecified atom stereocenters. The first-order valence-corrected chi connectivity index (χ1v) is 9.67. The van der Waals surface area contributed by atoms with Gasteiger partial charge in [-0.15, -0.1) is 22.7 Å². The summed E-state index contributed by atoms with van der Waals surface area (Å²) in [5.74, 6) is -0.0138. The van der Waals surface area contributed by atoms with Gasteiger partial charge in [0.05, 0.1) is 12.1 Å². The van der Waals surface area contributed by atoms with Gasteiger partial charge in [-0.2, -0.15) is 0 Å². The number of amides is 1. The fraction of sp³-hybridized carbons (Fsp3) is 0.438. The summed E-state index contributed by atoms with van der Waals surface area (Å²) in [6, 6.07) is 0. The standard InChI is InChI=1S/C16H18N4OS2/c21-14(9-11-10-22-16-17-7-8-20(11)16)19-15-18-12-5-3-1-2-4-6-13(12)23-15/h7-8,10H,1-6,9H2,(H,18,19,21). The normalized spacial score (nSPS) is 15.1. The molecule has 0 saturated heterocycles. The first-order valence-electron chi connectivity index (χ1n) is 7.97. The van der Waals surface area contributed by atoms with E-state index in [-0.39, 0.29) is 5.91 Å². The van der Waals surface area contributed by atoms with Crippen molar-refractivity contribution in [1.29, 1.82) is 0 Å². The second kappa shape index (κ2) is 6.41. The lowest BCUT2D eigenvalue weighted by atomic mass is 10.0. The van der Waals surface area contributed by atoms with Gasteiger partial charge >= 0.3 is 0 Å². The molecule has 5 nitrogen and oxygen atoms in total. The zero-order chi connectivity index (χ0) is 15.6. The molecule has 1 aliphatic rings. The summed E-state index contributed by atoms with van der Waals surface area (Å²) in [7, 11) is 0. The number of imidazole rings is 1. The SMILES string of the molecule is O=C(Cc1csc2nccn12)Nc1nc2c(s1)CCCCCC2. The minimum atomic E-state index is -0.0138. The molecule has 1 aliphatic carbocycles. The highest BCUT2D eigenvalue weighted by molar-refractivity contribution is 7.16. The smallest absolute Gasteiger partial charge is 0.232 e. The molecular weight excluding hydrogens is 328 g/mol. The largest absolute Gasteiger partial charge is 0.302 e. The third-order valence-corrected chi connectivity index (χ3v) is 6.13. The summed E-state index contributed by atoms with van der Waals surface area (Å²) in [6.45, 7) is 0. The molecule has 7 heteroatoms. The minimum absolute atomic E-state index is 0.0138. The van der Waals surface area contributed by atoms with Crippen LogP contribution in [0, 0.1) is 0 Å². The fourth-order valence-corrected chi connectivity index (χ4v) is 4.90. The van der Waals surface area contributed by atoms with Gasteiger partial charge in [-0.05, 0) is 25.7 Å². The Labute approximate surface area is 142 Å². The Morgan fingerprint density at radius 3 is 3.04 bits per heavy atom. The predicted octanol–water partition coefficient (Wildman–Crippen LogP) is 3.69. The molecular formula is C16H18N4OS2. The molecule has 23 heavy (non-hydrogen) atoms. The lowest BCUT2D eigenvalue weighted by Crippen LogP contribution is -2.15. The molecule has 3 heterocycles. The summed E-state index contributed by atoms with van der Waals surface area (Å²) < 4.78 is 1.96. The number of hydrogen-bond acceptors (Lipinski definition) is 5. The second-order valence-electron chi connectivity index (χ2n) is 5.83.